The molecule has 0 radical (unpaired) electrons. The van der Waals surface area contributed by atoms with Crippen LogP contribution in [0.25, 0.3) is 0 Å². The molecule has 0 nitrogen and oxygen atoms in total. The van der Waals surface area contributed by atoms with E-state index in [0.29, 0.717) is 0 Å². The molecule has 0 aromatic rings. The highest BCUT2D eigenvalue weighted by molar-refractivity contribution is 5.06. The van der Waals surface area contributed by atoms with Gasteiger partial charge in [-0.15, -0.1) is 0 Å². The normalized spacial score (nSPS) is 59.0. The summed E-state index contributed by atoms with van der Waals surface area (Å²) in [5.74, 6) is 10.3. The van der Waals surface area contributed by atoms with Gasteiger partial charge >= 0.3 is 0 Å². The van der Waals surface area contributed by atoms with E-state index in [1.54, 1.807) is 70.6 Å². The van der Waals surface area contributed by atoms with Crippen molar-refractivity contribution in [2.24, 2.45) is 53.3 Å². The van der Waals surface area contributed by atoms with Crippen molar-refractivity contribution < 1.29 is 0 Å². The van der Waals surface area contributed by atoms with Crippen LogP contribution in [0.1, 0.15) is 77.6 Å². The predicted octanol–water partition coefficient (Wildman–Crippen LogP) is 5.91. The van der Waals surface area contributed by atoms with Crippen LogP contribution in [0.2, 0.25) is 0 Å². The van der Waals surface area contributed by atoms with Crippen LogP contribution in [0, 0.1) is 53.3 Å². The van der Waals surface area contributed by atoms with E-state index in [1.165, 1.54) is 5.92 Å². The lowest BCUT2D eigenvalue weighted by Crippen LogP contribution is -2.49. The van der Waals surface area contributed by atoms with Gasteiger partial charge in [0.05, 0.1) is 0 Å². The van der Waals surface area contributed by atoms with Gasteiger partial charge in [-0.05, 0) is 85.4 Å². The van der Waals surface area contributed by atoms with Gasteiger partial charge in [0, 0.05) is 0 Å². The van der Waals surface area contributed by atoms with Crippen LogP contribution in [0.15, 0.2) is 0 Å². The van der Waals surface area contributed by atoms with Crippen LogP contribution in [0.4, 0.5) is 0 Å². The van der Waals surface area contributed by atoms with E-state index in [0.717, 1.165) is 47.3 Å². The summed E-state index contributed by atoms with van der Waals surface area (Å²) in [5.41, 5.74) is 0. The van der Waals surface area contributed by atoms with Crippen molar-refractivity contribution >= 4 is 0 Å². The smallest absolute Gasteiger partial charge is 0.0323 e. The van der Waals surface area contributed by atoms with E-state index in [-0.39, 0.29) is 0 Å². The van der Waals surface area contributed by atoms with Crippen molar-refractivity contribution in [3.05, 3.63) is 0 Å². The van der Waals surface area contributed by atoms with Gasteiger partial charge in [-0.25, -0.2) is 0 Å². The molecule has 0 aromatic heterocycles. The van der Waals surface area contributed by atoms with Crippen molar-refractivity contribution in [1.29, 1.82) is 0 Å². The molecule has 9 atom stereocenters. The van der Waals surface area contributed by atoms with Crippen molar-refractivity contribution in [3.8, 4) is 0 Å². The molecule has 5 aliphatic carbocycles. The molecule has 0 heterocycles. The summed E-state index contributed by atoms with van der Waals surface area (Å²) < 4.78 is 0. The first kappa shape index (κ1) is 13.4. The first-order valence-electron chi connectivity index (χ1n) is 10.3. The molecule has 0 bridgehead atoms. The summed E-state index contributed by atoms with van der Waals surface area (Å²) in [5, 5.41) is 0. The van der Waals surface area contributed by atoms with E-state index < -0.39 is 0 Å². The van der Waals surface area contributed by atoms with Gasteiger partial charge in [0.2, 0.25) is 0 Å². The first-order chi connectivity index (χ1) is 10.3. The molecule has 9 unspecified atom stereocenters. The van der Waals surface area contributed by atoms with Crippen molar-refractivity contribution in [1.82, 2.24) is 0 Å². The Morgan fingerprint density at radius 1 is 0.524 bits per heavy atom. The fourth-order valence-corrected chi connectivity index (χ4v) is 8.59. The molecule has 0 aromatic carbocycles. The Bertz CT molecular complexity index is 399. The average molecular weight is 287 g/mol. The third-order valence-corrected chi connectivity index (χ3v) is 9.02. The minimum absolute atomic E-state index is 1.06. The maximum Gasteiger partial charge on any atom is -0.0323 e. The molecule has 5 fully saturated rings. The molecule has 0 aliphatic heterocycles. The first-order valence-corrected chi connectivity index (χ1v) is 10.3. The second kappa shape index (κ2) is 5.00. The van der Waals surface area contributed by atoms with Gasteiger partial charge in [0.15, 0.2) is 0 Å². The quantitative estimate of drug-likeness (QED) is 0.519. The number of rotatable bonds is 0. The minimum Gasteiger partial charge on any atom is -0.0622 e. The average Bonchev–Trinajstić information content (AvgIpc) is 2.86. The van der Waals surface area contributed by atoms with E-state index in [2.05, 4.69) is 6.92 Å². The van der Waals surface area contributed by atoms with Crippen molar-refractivity contribution in [2.75, 3.05) is 0 Å². The largest absolute Gasteiger partial charge is 0.0622 e. The van der Waals surface area contributed by atoms with Crippen LogP contribution in [-0.4, -0.2) is 0 Å². The summed E-state index contributed by atoms with van der Waals surface area (Å²) in [6.45, 7) is 2.63. The summed E-state index contributed by atoms with van der Waals surface area (Å²) in [4.78, 5) is 0. The van der Waals surface area contributed by atoms with Crippen LogP contribution in [0.3, 0.4) is 0 Å². The van der Waals surface area contributed by atoms with Gasteiger partial charge in [0.25, 0.3) is 0 Å². The Balaban J connectivity index is 1.47. The Morgan fingerprint density at radius 3 is 2.19 bits per heavy atom. The van der Waals surface area contributed by atoms with Gasteiger partial charge in [-0.1, -0.05) is 45.4 Å². The predicted molar refractivity (Wildman–Crippen MR) is 87.9 cm³/mol. The zero-order chi connectivity index (χ0) is 14.0. The van der Waals surface area contributed by atoms with E-state index >= 15 is 0 Å². The van der Waals surface area contributed by atoms with Crippen LogP contribution >= 0.6 is 0 Å². The Labute approximate surface area is 131 Å². The fraction of sp³-hybridized carbons (Fsp3) is 1.00. The summed E-state index contributed by atoms with van der Waals surface area (Å²) in [6, 6.07) is 0. The van der Waals surface area contributed by atoms with E-state index in [4.69, 9.17) is 0 Å². The molecule has 0 heteroatoms. The summed E-state index contributed by atoms with van der Waals surface area (Å²) >= 11 is 0. The number of hydrogen-bond acceptors (Lipinski definition) is 0. The third kappa shape index (κ3) is 1.93. The van der Waals surface area contributed by atoms with Crippen LogP contribution < -0.4 is 0 Å². The van der Waals surface area contributed by atoms with E-state index in [1.807, 2.05) is 0 Å². The van der Waals surface area contributed by atoms with E-state index in [9.17, 15) is 0 Å². The van der Waals surface area contributed by atoms with Gasteiger partial charge in [-0.3, -0.25) is 0 Å². The zero-order valence-electron chi connectivity index (χ0n) is 14.0. The molecule has 5 rings (SSSR count). The second-order valence-corrected chi connectivity index (χ2v) is 9.67. The van der Waals surface area contributed by atoms with Crippen molar-refractivity contribution in [2.45, 2.75) is 77.6 Å². The summed E-state index contributed by atoms with van der Waals surface area (Å²) in [7, 11) is 0. The molecule has 5 saturated carbocycles. The summed E-state index contributed by atoms with van der Waals surface area (Å²) in [6.07, 6.45) is 17.5. The van der Waals surface area contributed by atoms with Gasteiger partial charge in [-0.2, -0.15) is 0 Å². The Morgan fingerprint density at radius 2 is 1.29 bits per heavy atom. The van der Waals surface area contributed by atoms with Gasteiger partial charge < -0.3 is 0 Å². The lowest BCUT2D eigenvalue weighted by atomic mass is 9.49. The monoisotopic (exact) mass is 286 g/mol. The third-order valence-electron chi connectivity index (χ3n) is 9.02. The Hall–Kier alpha value is 0. The molecule has 118 valence electrons. The van der Waals surface area contributed by atoms with Crippen LogP contribution in [0.5, 0.6) is 0 Å². The molecule has 5 aliphatic rings. The lowest BCUT2D eigenvalue weighted by Gasteiger charge is -2.56. The highest BCUT2D eigenvalue weighted by atomic mass is 14.6. The standard InChI is InChI=1S/C21H34/c1-13-11-15-6-4-7-16-12-19-17-8-3-2-5-14(17)9-10-18(19)20(13)21(15)16/h13-21H,2-12H2,1H3. The Kier molecular flexibility index (Phi) is 3.20. The topological polar surface area (TPSA) is 0 Å². The fourth-order valence-electron chi connectivity index (χ4n) is 8.59. The molecule has 21 heavy (non-hydrogen) atoms. The molecular weight excluding hydrogens is 252 g/mol. The van der Waals surface area contributed by atoms with Crippen molar-refractivity contribution in [3.63, 3.8) is 0 Å². The molecule has 0 N–H and O–H groups in total. The highest BCUT2D eigenvalue weighted by Crippen LogP contribution is 2.64. The lowest BCUT2D eigenvalue weighted by molar-refractivity contribution is -0.0711. The number of fused-ring (bicyclic) bond motifs is 4. The molecular formula is C21H34. The SMILES string of the molecule is CC1CC2CCCC3CC4C5CCCCC5CCC4C1C23. The molecule has 0 spiro atoms. The molecule has 0 amide bonds. The minimum atomic E-state index is 1.06. The second-order valence-electron chi connectivity index (χ2n) is 9.67. The number of hydrogen-bond donors (Lipinski definition) is 0. The highest BCUT2D eigenvalue weighted by Gasteiger charge is 2.57. The van der Waals surface area contributed by atoms with Crippen LogP contribution in [-0.2, 0) is 0 Å². The maximum atomic E-state index is 2.63. The van der Waals surface area contributed by atoms with Gasteiger partial charge in [0.1, 0.15) is 0 Å². The molecule has 0 saturated heterocycles. The zero-order valence-corrected chi connectivity index (χ0v) is 14.0. The maximum absolute atomic E-state index is 2.63.